The number of ether oxygens (including phenoxy) is 5. The first kappa shape index (κ1) is 19.3. The monoisotopic (exact) mass is 384 g/mol. The van der Waals surface area contributed by atoms with Gasteiger partial charge in [0, 0.05) is 13.0 Å². The van der Waals surface area contributed by atoms with Gasteiger partial charge in [-0.1, -0.05) is 11.6 Å². The van der Waals surface area contributed by atoms with Crippen LogP contribution in [-0.2, 0) is 25.6 Å². The minimum atomic E-state index is -0.642. The lowest BCUT2D eigenvalue weighted by atomic mass is 10.1. The summed E-state index contributed by atoms with van der Waals surface area (Å²) in [5.41, 5.74) is 0.746. The van der Waals surface area contributed by atoms with E-state index in [1.54, 1.807) is 19.1 Å². The van der Waals surface area contributed by atoms with Crippen molar-refractivity contribution in [2.45, 2.75) is 51.4 Å². The Bertz CT molecular complexity index is 614. The van der Waals surface area contributed by atoms with Crippen molar-refractivity contribution < 1.29 is 28.5 Å². The first-order chi connectivity index (χ1) is 12.6. The molecule has 7 heteroatoms. The summed E-state index contributed by atoms with van der Waals surface area (Å²) < 4.78 is 27.8. The number of carbonyl (C=O) groups is 1. The van der Waals surface area contributed by atoms with Crippen molar-refractivity contribution in [3.63, 3.8) is 0 Å². The zero-order valence-electron chi connectivity index (χ0n) is 15.0. The fourth-order valence-electron chi connectivity index (χ4n) is 2.90. The lowest BCUT2D eigenvalue weighted by Crippen LogP contribution is -2.30. The molecular formula is C19H25ClO6. The molecule has 0 saturated carbocycles. The van der Waals surface area contributed by atoms with E-state index in [0.717, 1.165) is 37.9 Å². The second-order valence-corrected chi connectivity index (χ2v) is 6.93. The summed E-state index contributed by atoms with van der Waals surface area (Å²) in [6, 6.07) is 3.52. The van der Waals surface area contributed by atoms with Gasteiger partial charge in [0.05, 0.1) is 30.9 Å². The lowest BCUT2D eigenvalue weighted by molar-refractivity contribution is -0.160. The second-order valence-electron chi connectivity index (χ2n) is 6.53. The van der Waals surface area contributed by atoms with Crippen LogP contribution >= 0.6 is 11.6 Å². The number of benzene rings is 1. The maximum atomic E-state index is 12.1. The smallest absolute Gasteiger partial charge is 0.335 e. The van der Waals surface area contributed by atoms with Gasteiger partial charge in [0.2, 0.25) is 0 Å². The Morgan fingerprint density at radius 2 is 2.08 bits per heavy atom. The van der Waals surface area contributed by atoms with Crippen molar-refractivity contribution in [2.75, 3.05) is 26.4 Å². The molecule has 2 aliphatic rings. The molecule has 1 aromatic carbocycles. The number of fused-ring (bicyclic) bond motifs is 1. The molecule has 3 rings (SSSR count). The Labute approximate surface area is 158 Å². The van der Waals surface area contributed by atoms with Crippen molar-refractivity contribution in [3.8, 4) is 11.5 Å². The van der Waals surface area contributed by atoms with Crippen LogP contribution in [0.3, 0.4) is 0 Å². The van der Waals surface area contributed by atoms with Gasteiger partial charge >= 0.3 is 5.97 Å². The number of rotatable bonds is 6. The van der Waals surface area contributed by atoms with E-state index in [1.165, 1.54) is 0 Å². The Morgan fingerprint density at radius 3 is 2.88 bits per heavy atom. The Kier molecular flexibility index (Phi) is 7.00. The van der Waals surface area contributed by atoms with Gasteiger partial charge in [-0.25, -0.2) is 4.79 Å². The van der Waals surface area contributed by atoms with E-state index in [1.807, 2.05) is 0 Å². The summed E-state index contributed by atoms with van der Waals surface area (Å²) in [4.78, 5) is 12.1. The quantitative estimate of drug-likeness (QED) is 0.699. The normalized spacial score (nSPS) is 20.9. The van der Waals surface area contributed by atoms with E-state index < -0.39 is 12.1 Å². The maximum absolute atomic E-state index is 12.1. The van der Waals surface area contributed by atoms with E-state index in [-0.39, 0.29) is 12.7 Å². The minimum Gasteiger partial charge on any atom is -0.489 e. The summed E-state index contributed by atoms with van der Waals surface area (Å²) in [5, 5.41) is 0.453. The number of halogens is 1. The molecule has 2 atom stereocenters. The molecule has 1 saturated heterocycles. The average molecular weight is 385 g/mol. The van der Waals surface area contributed by atoms with Gasteiger partial charge in [-0.2, -0.15) is 0 Å². The molecule has 0 amide bonds. The Hall–Kier alpha value is -1.50. The topological polar surface area (TPSA) is 63.2 Å². The molecule has 2 aliphatic heterocycles. The average Bonchev–Trinajstić information content (AvgIpc) is 2.91. The highest BCUT2D eigenvalue weighted by atomic mass is 35.5. The van der Waals surface area contributed by atoms with Crippen LogP contribution in [0.2, 0.25) is 5.02 Å². The number of hydrogen-bond donors (Lipinski definition) is 0. The van der Waals surface area contributed by atoms with Crippen molar-refractivity contribution in [1.29, 1.82) is 0 Å². The van der Waals surface area contributed by atoms with Gasteiger partial charge in [-0.05, 0) is 43.9 Å². The second kappa shape index (κ2) is 9.44. The third kappa shape index (κ3) is 5.25. The molecule has 0 N–H and O–H groups in total. The Morgan fingerprint density at radius 1 is 1.23 bits per heavy atom. The molecule has 2 unspecified atom stereocenters. The first-order valence-electron chi connectivity index (χ1n) is 9.11. The van der Waals surface area contributed by atoms with Crippen LogP contribution < -0.4 is 9.47 Å². The summed E-state index contributed by atoms with van der Waals surface area (Å²) in [7, 11) is 0. The number of carbonyl (C=O) groups excluding carboxylic acids is 1. The van der Waals surface area contributed by atoms with Gasteiger partial charge in [0.25, 0.3) is 0 Å². The molecule has 0 aromatic heterocycles. The third-order valence-corrected chi connectivity index (χ3v) is 4.66. The van der Waals surface area contributed by atoms with Crippen LogP contribution in [0.1, 0.15) is 38.2 Å². The SMILES string of the molecule is CC(OCC1CCCCO1)C(=O)OCc1cc(Cl)c2c(c1)OCCCO2. The molecule has 1 aromatic rings. The van der Waals surface area contributed by atoms with Gasteiger partial charge in [0.15, 0.2) is 17.6 Å². The molecule has 1 fully saturated rings. The zero-order chi connectivity index (χ0) is 18.4. The lowest BCUT2D eigenvalue weighted by Gasteiger charge is -2.23. The summed E-state index contributed by atoms with van der Waals surface area (Å²) in [6.07, 6.45) is 3.42. The van der Waals surface area contributed by atoms with Gasteiger partial charge in [-0.15, -0.1) is 0 Å². The van der Waals surface area contributed by atoms with Crippen LogP contribution in [-0.4, -0.2) is 44.6 Å². The van der Waals surface area contributed by atoms with Crippen molar-refractivity contribution in [2.24, 2.45) is 0 Å². The van der Waals surface area contributed by atoms with E-state index >= 15 is 0 Å². The molecule has 144 valence electrons. The molecule has 6 nitrogen and oxygen atoms in total. The highest BCUT2D eigenvalue weighted by Gasteiger charge is 2.21. The largest absolute Gasteiger partial charge is 0.489 e. The number of esters is 1. The number of hydrogen-bond acceptors (Lipinski definition) is 6. The highest BCUT2D eigenvalue weighted by Crippen LogP contribution is 2.38. The van der Waals surface area contributed by atoms with Crippen LogP contribution in [0.25, 0.3) is 0 Å². The molecule has 0 spiro atoms. The van der Waals surface area contributed by atoms with Crippen LogP contribution in [0.4, 0.5) is 0 Å². The van der Waals surface area contributed by atoms with Crippen LogP contribution in [0, 0.1) is 0 Å². The fraction of sp³-hybridized carbons (Fsp3) is 0.632. The molecule has 0 aliphatic carbocycles. The van der Waals surface area contributed by atoms with E-state index in [0.29, 0.717) is 36.3 Å². The third-order valence-electron chi connectivity index (χ3n) is 4.38. The van der Waals surface area contributed by atoms with Crippen LogP contribution in [0.15, 0.2) is 12.1 Å². The molecule has 26 heavy (non-hydrogen) atoms. The van der Waals surface area contributed by atoms with Gasteiger partial charge < -0.3 is 23.7 Å². The van der Waals surface area contributed by atoms with E-state index in [4.69, 9.17) is 35.3 Å². The van der Waals surface area contributed by atoms with Crippen molar-refractivity contribution >= 4 is 17.6 Å². The Balaban J connectivity index is 1.49. The van der Waals surface area contributed by atoms with E-state index in [2.05, 4.69) is 0 Å². The zero-order valence-corrected chi connectivity index (χ0v) is 15.8. The molecular weight excluding hydrogens is 360 g/mol. The standard InChI is InChI=1S/C19H25ClO6/c1-13(25-12-15-5-2-3-6-22-15)19(21)26-11-14-9-16(20)18-17(10-14)23-7-4-8-24-18/h9-10,13,15H,2-8,11-12H2,1H3. The highest BCUT2D eigenvalue weighted by molar-refractivity contribution is 6.32. The van der Waals surface area contributed by atoms with Gasteiger partial charge in [0.1, 0.15) is 6.61 Å². The predicted molar refractivity (Wildman–Crippen MR) is 95.9 cm³/mol. The molecule has 2 heterocycles. The maximum Gasteiger partial charge on any atom is 0.335 e. The fourth-order valence-corrected chi connectivity index (χ4v) is 3.19. The summed E-state index contributed by atoms with van der Waals surface area (Å²) in [6.45, 7) is 4.10. The molecule has 0 bridgehead atoms. The van der Waals surface area contributed by atoms with Gasteiger partial charge in [-0.3, -0.25) is 0 Å². The summed E-state index contributed by atoms with van der Waals surface area (Å²) in [5.74, 6) is 0.715. The summed E-state index contributed by atoms with van der Waals surface area (Å²) >= 11 is 6.25. The van der Waals surface area contributed by atoms with Crippen molar-refractivity contribution in [3.05, 3.63) is 22.7 Å². The van der Waals surface area contributed by atoms with E-state index in [9.17, 15) is 4.79 Å². The van der Waals surface area contributed by atoms with Crippen molar-refractivity contribution in [1.82, 2.24) is 0 Å². The van der Waals surface area contributed by atoms with Crippen LogP contribution in [0.5, 0.6) is 11.5 Å². The molecule has 0 radical (unpaired) electrons. The predicted octanol–water partition coefficient (Wildman–Crippen LogP) is 3.52. The first-order valence-corrected chi connectivity index (χ1v) is 9.49. The minimum absolute atomic E-state index is 0.0690.